The van der Waals surface area contributed by atoms with Gasteiger partial charge in [0.25, 0.3) is 0 Å². The van der Waals surface area contributed by atoms with Crippen LogP contribution in [-0.4, -0.2) is 29.8 Å². The number of carbonyl (C=O) groups is 1. The molecule has 0 aromatic carbocycles. The SMILES string of the molecule is O=C1CCC(N2CCCCCCCC2)C1. The molecule has 1 saturated carbocycles. The Hall–Kier alpha value is -0.370. The Balaban J connectivity index is 1.84. The van der Waals surface area contributed by atoms with E-state index in [2.05, 4.69) is 4.90 Å². The lowest BCUT2D eigenvalue weighted by molar-refractivity contribution is -0.117. The molecule has 2 heteroatoms. The van der Waals surface area contributed by atoms with Gasteiger partial charge in [-0.3, -0.25) is 9.69 Å². The van der Waals surface area contributed by atoms with Crippen molar-refractivity contribution in [1.29, 1.82) is 0 Å². The first-order chi connectivity index (χ1) is 7.36. The third-order valence-electron chi connectivity index (χ3n) is 3.88. The van der Waals surface area contributed by atoms with E-state index >= 15 is 0 Å². The minimum Gasteiger partial charge on any atom is -0.300 e. The van der Waals surface area contributed by atoms with Gasteiger partial charge in [0.2, 0.25) is 0 Å². The minimum atomic E-state index is 0.486. The fourth-order valence-electron chi connectivity index (χ4n) is 2.92. The number of hydrogen-bond acceptors (Lipinski definition) is 2. The number of nitrogens with zero attached hydrogens (tertiary/aromatic N) is 1. The summed E-state index contributed by atoms with van der Waals surface area (Å²) in [6.07, 6.45) is 11.1. The van der Waals surface area contributed by atoms with Crippen molar-refractivity contribution in [2.24, 2.45) is 0 Å². The van der Waals surface area contributed by atoms with E-state index in [-0.39, 0.29) is 0 Å². The minimum absolute atomic E-state index is 0.486. The number of ketones is 1. The second kappa shape index (κ2) is 5.64. The summed E-state index contributed by atoms with van der Waals surface area (Å²) in [6.45, 7) is 2.47. The molecule has 2 aliphatic rings. The van der Waals surface area contributed by atoms with E-state index in [0.717, 1.165) is 19.3 Å². The Bertz CT molecular complexity index is 205. The molecular formula is C13H23NO. The molecule has 0 aromatic heterocycles. The summed E-state index contributed by atoms with van der Waals surface area (Å²) in [5.74, 6) is 0.486. The molecule has 1 saturated heterocycles. The van der Waals surface area contributed by atoms with Gasteiger partial charge in [-0.05, 0) is 32.4 Å². The lowest BCUT2D eigenvalue weighted by Gasteiger charge is -2.27. The van der Waals surface area contributed by atoms with Crippen LogP contribution in [0.2, 0.25) is 0 Å². The third-order valence-corrected chi connectivity index (χ3v) is 3.88. The van der Waals surface area contributed by atoms with Gasteiger partial charge in [-0.2, -0.15) is 0 Å². The largest absolute Gasteiger partial charge is 0.300 e. The first kappa shape index (κ1) is 11.1. The molecule has 86 valence electrons. The van der Waals surface area contributed by atoms with Crippen LogP contribution in [0.25, 0.3) is 0 Å². The summed E-state index contributed by atoms with van der Waals surface area (Å²) in [4.78, 5) is 13.9. The van der Waals surface area contributed by atoms with Crippen molar-refractivity contribution in [3.05, 3.63) is 0 Å². The molecule has 0 spiro atoms. The van der Waals surface area contributed by atoms with E-state index in [1.54, 1.807) is 0 Å². The van der Waals surface area contributed by atoms with Crippen LogP contribution in [0.5, 0.6) is 0 Å². The average Bonchev–Trinajstić information content (AvgIpc) is 2.69. The van der Waals surface area contributed by atoms with Gasteiger partial charge in [-0.15, -0.1) is 0 Å². The van der Waals surface area contributed by atoms with E-state index in [1.165, 1.54) is 51.6 Å². The van der Waals surface area contributed by atoms with Gasteiger partial charge >= 0.3 is 0 Å². The third kappa shape index (κ3) is 3.30. The standard InChI is InChI=1S/C13H23NO/c15-13-8-7-12(11-13)14-9-5-3-1-2-4-6-10-14/h12H,1-11H2. The first-order valence-electron chi connectivity index (χ1n) is 6.62. The highest BCUT2D eigenvalue weighted by atomic mass is 16.1. The summed E-state index contributed by atoms with van der Waals surface area (Å²) in [7, 11) is 0. The maximum absolute atomic E-state index is 11.3. The summed E-state index contributed by atoms with van der Waals surface area (Å²) in [5, 5.41) is 0. The Morgan fingerprint density at radius 2 is 1.53 bits per heavy atom. The Morgan fingerprint density at radius 3 is 2.07 bits per heavy atom. The number of Topliss-reactive ketones (excluding diaryl/α,β-unsaturated/α-hetero) is 1. The maximum atomic E-state index is 11.3. The van der Waals surface area contributed by atoms with Gasteiger partial charge in [0, 0.05) is 18.9 Å². The normalized spacial score (nSPS) is 30.9. The van der Waals surface area contributed by atoms with Crippen molar-refractivity contribution in [2.75, 3.05) is 13.1 Å². The van der Waals surface area contributed by atoms with Gasteiger partial charge in [0.05, 0.1) is 0 Å². The molecule has 2 rings (SSSR count). The molecule has 1 heterocycles. The Labute approximate surface area is 93.0 Å². The lowest BCUT2D eigenvalue weighted by atomic mass is 10.1. The molecule has 2 fully saturated rings. The van der Waals surface area contributed by atoms with Crippen LogP contribution in [0, 0.1) is 0 Å². The van der Waals surface area contributed by atoms with E-state index in [0.29, 0.717) is 11.8 Å². The van der Waals surface area contributed by atoms with Gasteiger partial charge in [-0.25, -0.2) is 0 Å². The quantitative estimate of drug-likeness (QED) is 0.662. The topological polar surface area (TPSA) is 20.3 Å². The molecule has 1 aliphatic carbocycles. The molecular weight excluding hydrogens is 186 g/mol. The van der Waals surface area contributed by atoms with Crippen LogP contribution in [0.3, 0.4) is 0 Å². The predicted octanol–water partition coefficient (Wildman–Crippen LogP) is 2.76. The highest BCUT2D eigenvalue weighted by Gasteiger charge is 2.27. The van der Waals surface area contributed by atoms with E-state index in [9.17, 15) is 4.79 Å². The molecule has 2 nitrogen and oxygen atoms in total. The second-order valence-corrected chi connectivity index (χ2v) is 5.09. The van der Waals surface area contributed by atoms with E-state index in [1.807, 2.05) is 0 Å². The zero-order valence-electron chi connectivity index (χ0n) is 9.71. The van der Waals surface area contributed by atoms with Crippen molar-refractivity contribution >= 4 is 5.78 Å². The zero-order chi connectivity index (χ0) is 10.5. The van der Waals surface area contributed by atoms with Crippen LogP contribution >= 0.6 is 0 Å². The molecule has 0 aromatic rings. The number of rotatable bonds is 1. The Kier molecular flexibility index (Phi) is 4.18. The van der Waals surface area contributed by atoms with Crippen molar-refractivity contribution in [1.82, 2.24) is 4.90 Å². The zero-order valence-corrected chi connectivity index (χ0v) is 9.71. The molecule has 0 bridgehead atoms. The smallest absolute Gasteiger partial charge is 0.134 e. The van der Waals surface area contributed by atoms with Crippen LogP contribution in [0.15, 0.2) is 0 Å². The number of carbonyl (C=O) groups excluding carboxylic acids is 1. The molecule has 15 heavy (non-hydrogen) atoms. The predicted molar refractivity (Wildman–Crippen MR) is 61.9 cm³/mol. The van der Waals surface area contributed by atoms with Crippen molar-refractivity contribution in [2.45, 2.75) is 63.8 Å². The van der Waals surface area contributed by atoms with Crippen molar-refractivity contribution in [3.8, 4) is 0 Å². The summed E-state index contributed by atoms with van der Waals surface area (Å²) < 4.78 is 0. The van der Waals surface area contributed by atoms with Crippen molar-refractivity contribution in [3.63, 3.8) is 0 Å². The second-order valence-electron chi connectivity index (χ2n) is 5.09. The average molecular weight is 209 g/mol. The summed E-state index contributed by atoms with van der Waals surface area (Å²) in [6, 6.07) is 0.593. The molecule has 0 amide bonds. The Morgan fingerprint density at radius 1 is 0.933 bits per heavy atom. The molecule has 1 aliphatic heterocycles. The van der Waals surface area contributed by atoms with Gasteiger partial charge < -0.3 is 0 Å². The monoisotopic (exact) mass is 209 g/mol. The molecule has 0 radical (unpaired) electrons. The summed E-state index contributed by atoms with van der Waals surface area (Å²) in [5.41, 5.74) is 0. The van der Waals surface area contributed by atoms with Crippen LogP contribution in [0.4, 0.5) is 0 Å². The molecule has 1 unspecified atom stereocenters. The first-order valence-corrected chi connectivity index (χ1v) is 6.62. The van der Waals surface area contributed by atoms with Crippen molar-refractivity contribution < 1.29 is 4.79 Å². The van der Waals surface area contributed by atoms with Crippen LogP contribution in [0.1, 0.15) is 57.8 Å². The van der Waals surface area contributed by atoms with Gasteiger partial charge in [-0.1, -0.05) is 25.7 Å². The fourth-order valence-corrected chi connectivity index (χ4v) is 2.92. The molecule has 1 atom stereocenters. The van der Waals surface area contributed by atoms with Gasteiger partial charge in [0.1, 0.15) is 5.78 Å². The van der Waals surface area contributed by atoms with Crippen LogP contribution in [-0.2, 0) is 4.79 Å². The fraction of sp³-hybridized carbons (Fsp3) is 0.923. The number of hydrogen-bond donors (Lipinski definition) is 0. The highest BCUT2D eigenvalue weighted by molar-refractivity contribution is 5.81. The van der Waals surface area contributed by atoms with E-state index in [4.69, 9.17) is 0 Å². The maximum Gasteiger partial charge on any atom is 0.134 e. The molecule has 0 N–H and O–H groups in total. The highest BCUT2D eigenvalue weighted by Crippen LogP contribution is 2.23. The lowest BCUT2D eigenvalue weighted by Crippen LogP contribution is -2.35. The summed E-state index contributed by atoms with van der Waals surface area (Å²) >= 11 is 0. The van der Waals surface area contributed by atoms with E-state index < -0.39 is 0 Å². The van der Waals surface area contributed by atoms with Crippen LogP contribution < -0.4 is 0 Å². The van der Waals surface area contributed by atoms with Gasteiger partial charge in [0.15, 0.2) is 0 Å².